The normalized spacial score (nSPS) is 10.8. The number of benzene rings is 1. The average molecular weight is 436 g/mol. The van der Waals surface area contributed by atoms with Gasteiger partial charge < -0.3 is 5.32 Å². The first kappa shape index (κ1) is 17.9. The van der Waals surface area contributed by atoms with Gasteiger partial charge in [0, 0.05) is 25.0 Å². The van der Waals surface area contributed by atoms with E-state index in [2.05, 4.69) is 42.5 Å². The van der Waals surface area contributed by atoms with Crippen LogP contribution in [0.25, 0.3) is 17.0 Å². The van der Waals surface area contributed by atoms with E-state index in [1.54, 1.807) is 47.1 Å². The number of carbonyl (C=O) groups excluding carboxylic acids is 1. The van der Waals surface area contributed by atoms with Gasteiger partial charge in [-0.05, 0) is 41.1 Å². The van der Waals surface area contributed by atoms with E-state index in [-0.39, 0.29) is 5.69 Å². The van der Waals surface area contributed by atoms with Crippen molar-refractivity contribution in [1.82, 2.24) is 24.4 Å². The largest absolute Gasteiger partial charge is 0.319 e. The SMILES string of the molecule is CCn1cc(Br)c(-c2ccnc3cc(C(=O)Nc4ccccc4C#N)nn23)n1. The topological polar surface area (TPSA) is 101 Å². The van der Waals surface area contributed by atoms with E-state index in [9.17, 15) is 10.1 Å². The van der Waals surface area contributed by atoms with Gasteiger partial charge in [0.05, 0.1) is 21.4 Å². The zero-order chi connectivity index (χ0) is 19.7. The van der Waals surface area contributed by atoms with Crippen molar-refractivity contribution < 1.29 is 4.79 Å². The Hall–Kier alpha value is -3.51. The molecule has 4 aromatic rings. The third-order valence-electron chi connectivity index (χ3n) is 4.17. The van der Waals surface area contributed by atoms with Gasteiger partial charge in [-0.3, -0.25) is 9.48 Å². The predicted molar refractivity (Wildman–Crippen MR) is 107 cm³/mol. The van der Waals surface area contributed by atoms with Gasteiger partial charge in [-0.15, -0.1) is 0 Å². The summed E-state index contributed by atoms with van der Waals surface area (Å²) in [5.41, 5.74) is 2.95. The number of nitrogens with zero attached hydrogens (tertiary/aromatic N) is 6. The Morgan fingerprint density at radius 1 is 1.29 bits per heavy atom. The zero-order valence-electron chi connectivity index (χ0n) is 14.8. The van der Waals surface area contributed by atoms with Crippen molar-refractivity contribution in [3.63, 3.8) is 0 Å². The lowest BCUT2D eigenvalue weighted by molar-refractivity contribution is 0.102. The Bertz CT molecular complexity index is 1230. The third-order valence-corrected chi connectivity index (χ3v) is 4.75. The Kier molecular flexibility index (Phi) is 4.63. The van der Waals surface area contributed by atoms with Gasteiger partial charge in [0.2, 0.25) is 0 Å². The fourth-order valence-corrected chi connectivity index (χ4v) is 3.31. The molecule has 138 valence electrons. The number of aromatic nitrogens is 5. The Morgan fingerprint density at radius 2 is 2.11 bits per heavy atom. The van der Waals surface area contributed by atoms with Crippen LogP contribution in [-0.2, 0) is 6.54 Å². The van der Waals surface area contributed by atoms with Crippen molar-refractivity contribution >= 4 is 33.2 Å². The molecule has 0 aliphatic rings. The van der Waals surface area contributed by atoms with Crippen LogP contribution in [0.3, 0.4) is 0 Å². The number of aryl methyl sites for hydroxylation is 1. The molecule has 0 unspecified atom stereocenters. The van der Waals surface area contributed by atoms with Crippen molar-refractivity contribution in [2.75, 3.05) is 5.32 Å². The molecule has 8 nitrogen and oxygen atoms in total. The van der Waals surface area contributed by atoms with Crippen LogP contribution in [0.5, 0.6) is 0 Å². The quantitative estimate of drug-likeness (QED) is 0.528. The molecule has 1 N–H and O–H groups in total. The minimum atomic E-state index is -0.419. The zero-order valence-corrected chi connectivity index (χ0v) is 16.4. The second kappa shape index (κ2) is 7.25. The van der Waals surface area contributed by atoms with Crippen LogP contribution in [-0.4, -0.2) is 30.3 Å². The molecule has 3 heterocycles. The molecule has 4 rings (SSSR count). The van der Waals surface area contributed by atoms with Gasteiger partial charge in [0.25, 0.3) is 5.91 Å². The predicted octanol–water partition coefficient (Wildman–Crippen LogP) is 3.50. The van der Waals surface area contributed by atoms with Gasteiger partial charge in [0.1, 0.15) is 11.8 Å². The van der Waals surface area contributed by atoms with Crippen molar-refractivity contribution in [3.8, 4) is 17.5 Å². The highest BCUT2D eigenvalue weighted by molar-refractivity contribution is 9.10. The molecule has 0 saturated heterocycles. The van der Waals surface area contributed by atoms with Crippen LogP contribution in [0.15, 0.2) is 53.3 Å². The lowest BCUT2D eigenvalue weighted by Crippen LogP contribution is -2.13. The van der Waals surface area contributed by atoms with E-state index in [4.69, 9.17) is 0 Å². The Labute approximate surface area is 168 Å². The van der Waals surface area contributed by atoms with Crippen LogP contribution in [0.1, 0.15) is 23.0 Å². The second-order valence-corrected chi connectivity index (χ2v) is 6.78. The molecule has 28 heavy (non-hydrogen) atoms. The lowest BCUT2D eigenvalue weighted by atomic mass is 10.2. The monoisotopic (exact) mass is 435 g/mol. The summed E-state index contributed by atoms with van der Waals surface area (Å²) < 4.78 is 4.21. The molecule has 1 aromatic carbocycles. The molecule has 0 saturated carbocycles. The number of carbonyl (C=O) groups is 1. The van der Waals surface area contributed by atoms with E-state index in [0.717, 1.165) is 11.0 Å². The molecule has 0 bridgehead atoms. The van der Waals surface area contributed by atoms with Crippen LogP contribution < -0.4 is 5.32 Å². The molecular formula is C19H14BrN7O. The molecule has 0 atom stereocenters. The van der Waals surface area contributed by atoms with Gasteiger partial charge in [0.15, 0.2) is 11.3 Å². The highest BCUT2D eigenvalue weighted by atomic mass is 79.9. The molecule has 0 aliphatic heterocycles. The Morgan fingerprint density at radius 3 is 2.86 bits per heavy atom. The molecular weight excluding hydrogens is 422 g/mol. The van der Waals surface area contributed by atoms with E-state index < -0.39 is 5.91 Å². The number of nitrogens with one attached hydrogen (secondary N) is 1. The minimum absolute atomic E-state index is 0.193. The van der Waals surface area contributed by atoms with Crippen LogP contribution in [0, 0.1) is 11.3 Å². The molecule has 3 aromatic heterocycles. The van der Waals surface area contributed by atoms with E-state index in [1.807, 2.05) is 17.8 Å². The van der Waals surface area contributed by atoms with Crippen LogP contribution in [0.4, 0.5) is 5.69 Å². The highest BCUT2D eigenvalue weighted by Gasteiger charge is 2.18. The maximum Gasteiger partial charge on any atom is 0.276 e. The summed E-state index contributed by atoms with van der Waals surface area (Å²) in [6.45, 7) is 2.73. The fourth-order valence-electron chi connectivity index (χ4n) is 2.79. The molecule has 0 radical (unpaired) electrons. The molecule has 1 amide bonds. The van der Waals surface area contributed by atoms with Gasteiger partial charge >= 0.3 is 0 Å². The number of para-hydroxylation sites is 1. The number of amides is 1. The van der Waals surface area contributed by atoms with E-state index in [0.29, 0.717) is 28.3 Å². The number of nitriles is 1. The summed E-state index contributed by atoms with van der Waals surface area (Å²) in [4.78, 5) is 16.9. The number of anilines is 1. The second-order valence-electron chi connectivity index (χ2n) is 5.92. The summed E-state index contributed by atoms with van der Waals surface area (Å²) >= 11 is 3.52. The Balaban J connectivity index is 1.73. The first-order chi connectivity index (χ1) is 13.6. The number of hydrogen-bond acceptors (Lipinski definition) is 5. The molecule has 0 aliphatic carbocycles. The maximum atomic E-state index is 12.7. The standard InChI is InChI=1S/C19H14BrN7O/c1-2-26-11-13(20)18(25-26)16-7-8-22-17-9-15(24-27(16)17)19(28)23-14-6-4-3-5-12(14)10-21/h3-9,11H,2H2,1H3,(H,23,28). The summed E-state index contributed by atoms with van der Waals surface area (Å²) in [6, 6.07) is 12.2. The number of fused-ring (bicyclic) bond motifs is 1. The maximum absolute atomic E-state index is 12.7. The van der Waals surface area contributed by atoms with Crippen LogP contribution in [0.2, 0.25) is 0 Å². The number of hydrogen-bond donors (Lipinski definition) is 1. The van der Waals surface area contributed by atoms with Crippen molar-refractivity contribution in [2.24, 2.45) is 0 Å². The first-order valence-corrected chi connectivity index (χ1v) is 9.28. The summed E-state index contributed by atoms with van der Waals surface area (Å²) in [5.74, 6) is -0.419. The third kappa shape index (κ3) is 3.14. The molecule has 0 fully saturated rings. The average Bonchev–Trinajstić information content (AvgIpc) is 3.31. The van der Waals surface area contributed by atoms with Gasteiger partial charge in [-0.25, -0.2) is 9.50 Å². The summed E-state index contributed by atoms with van der Waals surface area (Å²) in [7, 11) is 0. The van der Waals surface area contributed by atoms with E-state index >= 15 is 0 Å². The summed E-state index contributed by atoms with van der Waals surface area (Å²) in [6.07, 6.45) is 3.54. The number of rotatable bonds is 4. The number of halogens is 1. The van der Waals surface area contributed by atoms with Gasteiger partial charge in [-0.2, -0.15) is 15.5 Å². The van der Waals surface area contributed by atoms with Crippen molar-refractivity contribution in [1.29, 1.82) is 5.26 Å². The molecule has 9 heteroatoms. The first-order valence-electron chi connectivity index (χ1n) is 8.49. The smallest absolute Gasteiger partial charge is 0.276 e. The van der Waals surface area contributed by atoms with Crippen molar-refractivity contribution in [2.45, 2.75) is 13.5 Å². The van der Waals surface area contributed by atoms with Gasteiger partial charge in [-0.1, -0.05) is 12.1 Å². The van der Waals surface area contributed by atoms with Crippen LogP contribution >= 0.6 is 15.9 Å². The highest BCUT2D eigenvalue weighted by Crippen LogP contribution is 2.27. The minimum Gasteiger partial charge on any atom is -0.319 e. The fraction of sp³-hybridized carbons (Fsp3) is 0.105. The lowest BCUT2D eigenvalue weighted by Gasteiger charge is -2.04. The molecule has 0 spiro atoms. The summed E-state index contributed by atoms with van der Waals surface area (Å²) in [5, 5.41) is 20.9. The van der Waals surface area contributed by atoms with Crippen molar-refractivity contribution in [3.05, 3.63) is 64.5 Å². The van der Waals surface area contributed by atoms with E-state index in [1.165, 1.54) is 0 Å².